The fraction of sp³-hybridized carbons (Fsp3) is 0.368. The average molecular weight is 417 g/mol. The van der Waals surface area contributed by atoms with Crippen molar-refractivity contribution in [3.05, 3.63) is 55.7 Å². The third kappa shape index (κ3) is 6.12. The predicted octanol–water partition coefficient (Wildman–Crippen LogP) is 2.33. The van der Waals surface area contributed by atoms with Gasteiger partial charge in [-0.25, -0.2) is 10.2 Å². The van der Waals surface area contributed by atoms with Crippen molar-refractivity contribution in [2.75, 3.05) is 13.7 Å². The summed E-state index contributed by atoms with van der Waals surface area (Å²) < 4.78 is 10.8. The van der Waals surface area contributed by atoms with Crippen LogP contribution in [0.25, 0.3) is 0 Å². The van der Waals surface area contributed by atoms with Crippen LogP contribution in [0.3, 0.4) is 0 Å². The number of hydrogen-bond acceptors (Lipinski definition) is 8. The molecule has 0 saturated heterocycles. The zero-order valence-electron chi connectivity index (χ0n) is 16.9. The lowest BCUT2D eigenvalue weighted by molar-refractivity contribution is -0.386. The molecule has 0 radical (unpaired) electrons. The Kier molecular flexibility index (Phi) is 8.03. The monoisotopic (exact) mass is 417 g/mol. The largest absolute Gasteiger partial charge is 0.493 e. The van der Waals surface area contributed by atoms with Gasteiger partial charge < -0.3 is 14.5 Å². The molecule has 0 unspecified atom stereocenters. The van der Waals surface area contributed by atoms with Crippen molar-refractivity contribution < 1.29 is 19.2 Å². The Morgan fingerprint density at radius 3 is 2.77 bits per heavy atom. The van der Waals surface area contributed by atoms with E-state index in [9.17, 15) is 19.7 Å². The Bertz CT molecular complexity index is 1000. The molecule has 11 nitrogen and oxygen atoms in total. The first-order chi connectivity index (χ1) is 14.3. The summed E-state index contributed by atoms with van der Waals surface area (Å²) in [5.41, 5.74) is 1.98. The molecule has 0 aliphatic rings. The molecule has 0 aliphatic heterocycles. The molecule has 1 aromatic carbocycles. The predicted molar refractivity (Wildman–Crippen MR) is 109 cm³/mol. The van der Waals surface area contributed by atoms with Gasteiger partial charge in [0.15, 0.2) is 5.75 Å². The Balaban J connectivity index is 2.20. The first kappa shape index (κ1) is 22.5. The van der Waals surface area contributed by atoms with E-state index in [-0.39, 0.29) is 22.9 Å². The van der Waals surface area contributed by atoms with E-state index >= 15 is 0 Å². The number of hydrogen-bond donors (Lipinski definition) is 2. The third-order valence-electron chi connectivity index (χ3n) is 3.96. The lowest BCUT2D eigenvalue weighted by Crippen LogP contribution is -2.24. The molecule has 11 heteroatoms. The number of nitrogens with zero attached hydrogens (tertiary/aromatic N) is 3. The lowest BCUT2D eigenvalue weighted by atomic mass is 10.2. The van der Waals surface area contributed by atoms with E-state index in [1.54, 1.807) is 6.92 Å². The number of nitro groups is 1. The number of unbranched alkanes of at least 4 members (excludes halogenated alkanes) is 2. The Labute approximate surface area is 172 Å². The zero-order valence-corrected chi connectivity index (χ0v) is 16.9. The van der Waals surface area contributed by atoms with Crippen LogP contribution < -0.4 is 20.6 Å². The summed E-state index contributed by atoms with van der Waals surface area (Å²) in [4.78, 5) is 40.3. The second-order valence-electron chi connectivity index (χ2n) is 6.34. The quantitative estimate of drug-likeness (QED) is 0.261. The van der Waals surface area contributed by atoms with Crippen molar-refractivity contribution in [3.8, 4) is 11.5 Å². The number of H-pyrrole nitrogens is 1. The molecule has 1 amide bonds. The van der Waals surface area contributed by atoms with Crippen LogP contribution in [-0.4, -0.2) is 40.7 Å². The molecule has 2 rings (SSSR count). The number of carbonyl (C=O) groups excluding carboxylic acids is 1. The van der Waals surface area contributed by atoms with Gasteiger partial charge in [0.05, 0.1) is 24.9 Å². The summed E-state index contributed by atoms with van der Waals surface area (Å²) in [6.45, 7) is 3.99. The number of methoxy groups -OCH3 is 1. The highest BCUT2D eigenvalue weighted by molar-refractivity contribution is 5.93. The Hall–Kier alpha value is -3.76. The van der Waals surface area contributed by atoms with E-state index in [1.165, 1.54) is 31.5 Å². The number of benzene rings is 1. The summed E-state index contributed by atoms with van der Waals surface area (Å²) in [5, 5.41) is 15.3. The van der Waals surface area contributed by atoms with E-state index in [0.717, 1.165) is 19.3 Å². The normalized spacial score (nSPS) is 10.8. The van der Waals surface area contributed by atoms with Crippen molar-refractivity contribution in [2.24, 2.45) is 5.10 Å². The summed E-state index contributed by atoms with van der Waals surface area (Å²) in [5.74, 6) is -0.471. The van der Waals surface area contributed by atoms with E-state index in [4.69, 9.17) is 9.47 Å². The highest BCUT2D eigenvalue weighted by atomic mass is 16.6. The molecule has 0 saturated carbocycles. The van der Waals surface area contributed by atoms with Crippen molar-refractivity contribution in [3.63, 3.8) is 0 Å². The number of nitro benzene ring substituents is 1. The zero-order chi connectivity index (χ0) is 22.1. The molecular weight excluding hydrogens is 394 g/mol. The molecule has 0 fully saturated rings. The topological polar surface area (TPSA) is 149 Å². The van der Waals surface area contributed by atoms with Crippen LogP contribution >= 0.6 is 0 Å². The van der Waals surface area contributed by atoms with Gasteiger partial charge >= 0.3 is 11.4 Å². The van der Waals surface area contributed by atoms with E-state index in [0.29, 0.717) is 17.9 Å². The van der Waals surface area contributed by atoms with E-state index in [2.05, 4.69) is 20.5 Å². The molecule has 2 aromatic rings. The highest BCUT2D eigenvalue weighted by Gasteiger charge is 2.22. The van der Waals surface area contributed by atoms with E-state index < -0.39 is 16.5 Å². The Morgan fingerprint density at radius 2 is 2.13 bits per heavy atom. The van der Waals surface area contributed by atoms with Crippen molar-refractivity contribution >= 4 is 17.8 Å². The lowest BCUT2D eigenvalue weighted by Gasteiger charge is -2.11. The van der Waals surface area contributed by atoms with Gasteiger partial charge in [-0.2, -0.15) is 10.1 Å². The van der Waals surface area contributed by atoms with Gasteiger partial charge in [-0.15, -0.1) is 0 Å². The second kappa shape index (κ2) is 10.7. The number of carbonyl (C=O) groups is 1. The maximum absolute atomic E-state index is 12.1. The Morgan fingerprint density at radius 1 is 1.37 bits per heavy atom. The van der Waals surface area contributed by atoms with Gasteiger partial charge in [-0.05, 0) is 25.5 Å². The van der Waals surface area contributed by atoms with Crippen molar-refractivity contribution in [1.29, 1.82) is 0 Å². The number of rotatable bonds is 10. The minimum absolute atomic E-state index is 0.0444. The number of hydrazone groups is 1. The van der Waals surface area contributed by atoms with Crippen LogP contribution in [-0.2, 0) is 0 Å². The summed E-state index contributed by atoms with van der Waals surface area (Å²) >= 11 is 0. The molecule has 2 N–H and O–H groups in total. The number of amides is 1. The second-order valence-corrected chi connectivity index (χ2v) is 6.34. The van der Waals surface area contributed by atoms with E-state index in [1.807, 2.05) is 6.92 Å². The van der Waals surface area contributed by atoms with Gasteiger partial charge in [0, 0.05) is 17.3 Å². The number of nitrogens with one attached hydrogen (secondary N) is 2. The van der Waals surface area contributed by atoms with Gasteiger partial charge in [0.2, 0.25) is 5.75 Å². The number of aromatic nitrogens is 2. The van der Waals surface area contributed by atoms with Crippen LogP contribution in [0.15, 0.2) is 28.1 Å². The third-order valence-corrected chi connectivity index (χ3v) is 3.96. The molecule has 0 atom stereocenters. The molecule has 1 aromatic heterocycles. The number of ether oxygens (including phenoxy) is 2. The standard InChI is InChI=1S/C19H23N5O6/c1-4-5-6-7-30-17-15(24(27)28)9-13(10-16(17)29-3)11-20-23-18(25)14-8-12(2)21-19(26)22-14/h8-11H,4-7H2,1-3H3,(H,23,25)(H,21,22,26)/b20-11+. The van der Waals surface area contributed by atoms with Crippen LogP contribution in [0.5, 0.6) is 11.5 Å². The maximum Gasteiger partial charge on any atom is 0.345 e. The summed E-state index contributed by atoms with van der Waals surface area (Å²) in [6.07, 6.45) is 3.93. The fourth-order valence-electron chi connectivity index (χ4n) is 2.56. The molecule has 0 aliphatic carbocycles. The van der Waals surface area contributed by atoms with Crippen LogP contribution in [0, 0.1) is 17.0 Å². The minimum atomic E-state index is -0.696. The van der Waals surface area contributed by atoms with Gasteiger partial charge in [-0.3, -0.25) is 14.9 Å². The maximum atomic E-state index is 12.1. The van der Waals surface area contributed by atoms with Crippen molar-refractivity contribution in [2.45, 2.75) is 33.1 Å². The summed E-state index contributed by atoms with van der Waals surface area (Å²) in [6, 6.07) is 4.17. The van der Waals surface area contributed by atoms with Crippen molar-refractivity contribution in [1.82, 2.24) is 15.4 Å². The minimum Gasteiger partial charge on any atom is -0.493 e. The first-order valence-electron chi connectivity index (χ1n) is 9.26. The molecule has 30 heavy (non-hydrogen) atoms. The first-order valence-corrected chi connectivity index (χ1v) is 9.26. The number of aromatic amines is 1. The van der Waals surface area contributed by atoms with Gasteiger partial charge in [0.25, 0.3) is 5.91 Å². The summed E-state index contributed by atoms with van der Waals surface area (Å²) in [7, 11) is 1.38. The van der Waals surface area contributed by atoms with Crippen LogP contribution in [0.4, 0.5) is 5.69 Å². The van der Waals surface area contributed by atoms with Crippen LogP contribution in [0.2, 0.25) is 0 Å². The van der Waals surface area contributed by atoms with Gasteiger partial charge in [0.1, 0.15) is 5.69 Å². The van der Waals surface area contributed by atoms with Gasteiger partial charge in [-0.1, -0.05) is 19.8 Å². The number of aryl methyl sites for hydroxylation is 1. The molecular formula is C19H23N5O6. The fourth-order valence-corrected chi connectivity index (χ4v) is 2.56. The highest BCUT2D eigenvalue weighted by Crippen LogP contribution is 2.38. The van der Waals surface area contributed by atoms with Crippen LogP contribution in [0.1, 0.15) is 47.9 Å². The molecule has 0 bridgehead atoms. The molecule has 0 spiro atoms. The SMILES string of the molecule is CCCCCOc1c(OC)cc(/C=N/NC(=O)c2cc(C)[nH]c(=O)n2)cc1[N+](=O)[O-]. The smallest absolute Gasteiger partial charge is 0.345 e. The molecule has 1 heterocycles. The molecule has 160 valence electrons. The average Bonchev–Trinajstić information content (AvgIpc) is 2.70.